The summed E-state index contributed by atoms with van der Waals surface area (Å²) in [6.45, 7) is 3.55. The molecule has 0 aromatic carbocycles. The number of aryl methyl sites for hydroxylation is 1. The van der Waals surface area contributed by atoms with Crippen LogP contribution in [0.25, 0.3) is 0 Å². The van der Waals surface area contributed by atoms with Crippen molar-refractivity contribution in [2.45, 2.75) is 19.4 Å². The van der Waals surface area contributed by atoms with Gasteiger partial charge in [-0.05, 0) is 19.9 Å². The number of rotatable bonds is 5. The van der Waals surface area contributed by atoms with Gasteiger partial charge in [0, 0.05) is 12.1 Å². The molecular weight excluding hydrogens is 206 g/mol. The predicted molar refractivity (Wildman–Crippen MR) is 60.6 cm³/mol. The van der Waals surface area contributed by atoms with Crippen molar-refractivity contribution in [3.8, 4) is 5.75 Å². The summed E-state index contributed by atoms with van der Waals surface area (Å²) in [6, 6.07) is 2.24. The number of amides is 1. The van der Waals surface area contributed by atoms with Gasteiger partial charge in [0.05, 0.1) is 17.6 Å². The molecule has 1 aliphatic heterocycles. The molecule has 86 valence electrons. The molecule has 0 saturated carbocycles. The summed E-state index contributed by atoms with van der Waals surface area (Å²) < 4.78 is 5.57. The van der Waals surface area contributed by atoms with Gasteiger partial charge >= 0.3 is 0 Å². The summed E-state index contributed by atoms with van der Waals surface area (Å²) >= 11 is 0. The molecule has 1 saturated heterocycles. The van der Waals surface area contributed by atoms with Crippen molar-refractivity contribution < 1.29 is 9.53 Å². The lowest BCUT2D eigenvalue weighted by molar-refractivity contribution is -0.105. The molecule has 1 amide bonds. The summed E-state index contributed by atoms with van der Waals surface area (Å²) in [5, 5.41) is 5.84. The lowest BCUT2D eigenvalue weighted by atomic mass is 10.1. The topological polar surface area (TPSA) is 63.2 Å². The number of hydrogen-bond donors (Lipinski definition) is 2. The van der Waals surface area contributed by atoms with Crippen molar-refractivity contribution in [2.75, 3.05) is 18.5 Å². The van der Waals surface area contributed by atoms with Crippen LogP contribution < -0.4 is 15.4 Å². The second-order valence-electron chi connectivity index (χ2n) is 3.82. The van der Waals surface area contributed by atoms with Crippen LogP contribution in [0.15, 0.2) is 12.3 Å². The largest absolute Gasteiger partial charge is 0.490 e. The normalized spacial score (nSPS) is 18.7. The highest BCUT2D eigenvalue weighted by molar-refractivity contribution is 5.73. The number of pyridine rings is 1. The summed E-state index contributed by atoms with van der Waals surface area (Å²) in [5.41, 5.74) is 1.47. The Morgan fingerprint density at radius 3 is 3.19 bits per heavy atom. The molecule has 0 aliphatic carbocycles. The van der Waals surface area contributed by atoms with Gasteiger partial charge in [-0.25, -0.2) is 0 Å². The Balaban J connectivity index is 1.97. The third-order valence-corrected chi connectivity index (χ3v) is 2.65. The van der Waals surface area contributed by atoms with Crippen LogP contribution in [0.5, 0.6) is 5.75 Å². The zero-order valence-corrected chi connectivity index (χ0v) is 9.19. The van der Waals surface area contributed by atoms with Crippen LogP contribution in [-0.4, -0.2) is 30.6 Å². The number of ether oxygens (including phenoxy) is 1. The van der Waals surface area contributed by atoms with Gasteiger partial charge in [-0.3, -0.25) is 9.78 Å². The van der Waals surface area contributed by atoms with Crippen molar-refractivity contribution in [3.05, 3.63) is 18.0 Å². The lowest BCUT2D eigenvalue weighted by Crippen LogP contribution is -2.46. The number of aromatic nitrogens is 1. The van der Waals surface area contributed by atoms with E-state index in [2.05, 4.69) is 15.6 Å². The summed E-state index contributed by atoms with van der Waals surface area (Å²) in [7, 11) is 0. The van der Waals surface area contributed by atoms with E-state index in [-0.39, 0.29) is 0 Å². The molecule has 2 heterocycles. The van der Waals surface area contributed by atoms with Gasteiger partial charge in [-0.1, -0.05) is 0 Å². The lowest BCUT2D eigenvalue weighted by Gasteiger charge is -2.27. The number of nitrogens with one attached hydrogen (secondary N) is 2. The molecule has 1 aromatic rings. The van der Waals surface area contributed by atoms with E-state index in [9.17, 15) is 4.79 Å². The van der Waals surface area contributed by atoms with E-state index in [0.717, 1.165) is 18.7 Å². The second kappa shape index (κ2) is 4.94. The Hall–Kier alpha value is -1.62. The third kappa shape index (κ3) is 2.49. The van der Waals surface area contributed by atoms with Gasteiger partial charge in [-0.15, -0.1) is 0 Å². The molecule has 0 radical (unpaired) electrons. The third-order valence-electron chi connectivity index (χ3n) is 2.65. The highest BCUT2D eigenvalue weighted by Gasteiger charge is 2.16. The van der Waals surface area contributed by atoms with Gasteiger partial charge < -0.3 is 15.4 Å². The molecule has 1 aliphatic rings. The van der Waals surface area contributed by atoms with Gasteiger partial charge in [0.15, 0.2) is 0 Å². The standard InChI is InChI=1S/C11H15N3O2/c1-8-11(14-7-15)4-10(5-13-8)16-6-9-2-3-12-9/h4-5,7,9,12H,2-3,6H2,1H3,(H,14,15)/t9-/m0/s1. The van der Waals surface area contributed by atoms with Crippen LogP contribution in [0.4, 0.5) is 5.69 Å². The fraction of sp³-hybridized carbons (Fsp3) is 0.455. The average Bonchev–Trinajstić information content (AvgIpc) is 2.21. The molecule has 5 nitrogen and oxygen atoms in total. The molecule has 2 N–H and O–H groups in total. The van der Waals surface area contributed by atoms with E-state index in [1.54, 1.807) is 12.3 Å². The zero-order valence-electron chi connectivity index (χ0n) is 9.19. The molecule has 2 rings (SSSR count). The molecular formula is C11H15N3O2. The van der Waals surface area contributed by atoms with Gasteiger partial charge in [0.25, 0.3) is 0 Å². The molecule has 1 aromatic heterocycles. The van der Waals surface area contributed by atoms with E-state index < -0.39 is 0 Å². The van der Waals surface area contributed by atoms with E-state index in [1.165, 1.54) is 0 Å². The number of nitrogens with zero attached hydrogens (tertiary/aromatic N) is 1. The molecule has 0 unspecified atom stereocenters. The number of hydrogen-bond acceptors (Lipinski definition) is 4. The SMILES string of the molecule is Cc1ncc(OC[C@@H]2CCN2)cc1NC=O. The highest BCUT2D eigenvalue weighted by Crippen LogP contribution is 2.19. The van der Waals surface area contributed by atoms with E-state index in [1.807, 2.05) is 6.92 Å². The van der Waals surface area contributed by atoms with Crippen LogP contribution in [0, 0.1) is 6.92 Å². The van der Waals surface area contributed by atoms with Gasteiger partial charge in [0.1, 0.15) is 12.4 Å². The summed E-state index contributed by atoms with van der Waals surface area (Å²) in [4.78, 5) is 14.5. The van der Waals surface area contributed by atoms with E-state index in [4.69, 9.17) is 4.74 Å². The Bertz CT molecular complexity index is 377. The minimum Gasteiger partial charge on any atom is -0.490 e. The van der Waals surface area contributed by atoms with Crippen LogP contribution in [-0.2, 0) is 4.79 Å². The van der Waals surface area contributed by atoms with Crippen molar-refractivity contribution in [2.24, 2.45) is 0 Å². The number of carbonyl (C=O) groups is 1. The number of carbonyl (C=O) groups excluding carboxylic acids is 1. The smallest absolute Gasteiger partial charge is 0.211 e. The Morgan fingerprint density at radius 1 is 1.75 bits per heavy atom. The monoisotopic (exact) mass is 221 g/mol. The average molecular weight is 221 g/mol. The first-order valence-electron chi connectivity index (χ1n) is 5.32. The summed E-state index contributed by atoms with van der Waals surface area (Å²) in [5.74, 6) is 0.684. The molecule has 1 atom stereocenters. The van der Waals surface area contributed by atoms with Crippen LogP contribution in [0.3, 0.4) is 0 Å². The molecule has 1 fully saturated rings. The number of anilines is 1. The molecule has 0 spiro atoms. The fourth-order valence-electron chi connectivity index (χ4n) is 1.49. The minimum atomic E-state index is 0.448. The van der Waals surface area contributed by atoms with Crippen LogP contribution >= 0.6 is 0 Å². The predicted octanol–water partition coefficient (Wildman–Crippen LogP) is 0.699. The van der Waals surface area contributed by atoms with Crippen molar-refractivity contribution in [1.29, 1.82) is 0 Å². The fourth-order valence-corrected chi connectivity index (χ4v) is 1.49. The van der Waals surface area contributed by atoms with Crippen molar-refractivity contribution in [3.63, 3.8) is 0 Å². The minimum absolute atomic E-state index is 0.448. The van der Waals surface area contributed by atoms with Gasteiger partial charge in [-0.2, -0.15) is 0 Å². The maximum Gasteiger partial charge on any atom is 0.211 e. The molecule has 0 bridgehead atoms. The van der Waals surface area contributed by atoms with Crippen LogP contribution in [0.1, 0.15) is 12.1 Å². The maximum absolute atomic E-state index is 10.4. The first-order chi connectivity index (χ1) is 7.79. The Morgan fingerprint density at radius 2 is 2.56 bits per heavy atom. The first-order valence-corrected chi connectivity index (χ1v) is 5.32. The molecule has 16 heavy (non-hydrogen) atoms. The summed E-state index contributed by atoms with van der Waals surface area (Å²) in [6.07, 6.45) is 3.46. The molecule has 5 heteroatoms. The quantitative estimate of drug-likeness (QED) is 0.718. The van der Waals surface area contributed by atoms with Crippen molar-refractivity contribution in [1.82, 2.24) is 10.3 Å². The Labute approximate surface area is 94.2 Å². The van der Waals surface area contributed by atoms with E-state index >= 15 is 0 Å². The second-order valence-corrected chi connectivity index (χ2v) is 3.82. The Kier molecular flexibility index (Phi) is 3.36. The van der Waals surface area contributed by atoms with Gasteiger partial charge in [0.2, 0.25) is 6.41 Å². The maximum atomic E-state index is 10.4. The van der Waals surface area contributed by atoms with Crippen LogP contribution in [0.2, 0.25) is 0 Å². The van der Waals surface area contributed by atoms with E-state index in [0.29, 0.717) is 30.5 Å². The van der Waals surface area contributed by atoms with Crippen molar-refractivity contribution >= 4 is 12.1 Å². The highest BCUT2D eigenvalue weighted by atomic mass is 16.5. The first kappa shape index (κ1) is 10.9. The zero-order chi connectivity index (χ0) is 11.4.